The number of rotatable bonds is 9. The molecule has 6 nitrogen and oxygen atoms in total. The maximum absolute atomic E-state index is 9.50. The Morgan fingerprint density at radius 3 is 1.39 bits per heavy atom. The van der Waals surface area contributed by atoms with Crippen LogP contribution in [0.15, 0.2) is 76.3 Å². The van der Waals surface area contributed by atoms with Crippen LogP contribution in [0.3, 0.4) is 0 Å². The standard InChI is InChI=1S/C18H25BO4.C18H23BrO2.2CH4/c1-11(2)14-7-6-12(3)8-15(14)18-16(22-4)9-13(19(20)21)10-17(18)23-5;1-11(2)14-7-6-12(3)8-15(14)18-16(20-4)9-13(19)10-17(18)21-5;;/h8-10,14-15,20-21H,1,6-7H2,2-5H3;8-10,14-15H,1,6-7H2,2-5H3;2*1H4/t2*14-,15+;;/m00../s1/i2*2D3;;. The molecule has 0 aromatic heterocycles. The van der Waals surface area contributed by atoms with Crippen molar-refractivity contribution in [2.24, 2.45) is 11.8 Å². The first-order valence-corrected chi connectivity index (χ1v) is 15.3. The molecule has 2 N–H and O–H groups in total. The van der Waals surface area contributed by atoms with E-state index in [-0.39, 0.29) is 49.6 Å². The fourth-order valence-electron chi connectivity index (χ4n) is 6.16. The number of halogens is 1. The molecule has 0 amide bonds. The van der Waals surface area contributed by atoms with Crippen molar-refractivity contribution >= 4 is 28.5 Å². The minimum atomic E-state index is -2.25. The van der Waals surface area contributed by atoms with Crippen LogP contribution >= 0.6 is 15.9 Å². The molecule has 0 fully saturated rings. The first-order chi connectivity index (χ1) is 23.3. The van der Waals surface area contributed by atoms with Crippen LogP contribution in [0.4, 0.5) is 0 Å². The van der Waals surface area contributed by atoms with Crippen LogP contribution in [0.1, 0.15) is 99.3 Å². The van der Waals surface area contributed by atoms with Crippen molar-refractivity contribution < 1.29 is 37.2 Å². The SMILES string of the molecule is C.C.[2H]C([2H])([2H])C(=C)[C@@H]1CCC(C)=C[C@H]1c1c(OC)cc(B(O)O)cc1OC.[2H]C([2H])([2H])C(=C)[C@@H]1CCC(C)=C[C@H]1c1c(OC)cc(Br)cc1OC. The number of methoxy groups -OCH3 is 4. The van der Waals surface area contributed by atoms with Crippen molar-refractivity contribution in [3.8, 4) is 23.0 Å². The van der Waals surface area contributed by atoms with Crippen molar-refractivity contribution in [3.63, 3.8) is 0 Å². The van der Waals surface area contributed by atoms with Crippen molar-refractivity contribution in [2.45, 2.75) is 79.9 Å². The minimum Gasteiger partial charge on any atom is -0.496 e. The molecule has 0 spiro atoms. The average molecular weight is 706 g/mol. The molecule has 0 heterocycles. The second kappa shape index (κ2) is 18.4. The van der Waals surface area contributed by atoms with Crippen LogP contribution in [0.25, 0.3) is 0 Å². The second-order valence-electron chi connectivity index (χ2n) is 11.4. The summed E-state index contributed by atoms with van der Waals surface area (Å²) >= 11 is 3.46. The fourth-order valence-corrected chi connectivity index (χ4v) is 6.58. The first-order valence-electron chi connectivity index (χ1n) is 17.5. The number of ether oxygens (including phenoxy) is 4. The lowest BCUT2D eigenvalue weighted by molar-refractivity contribution is 0.368. The molecular weight excluding hydrogens is 643 g/mol. The first kappa shape index (κ1) is 31.7. The van der Waals surface area contributed by atoms with Gasteiger partial charge in [-0.2, -0.15) is 0 Å². The van der Waals surface area contributed by atoms with Gasteiger partial charge in [0.25, 0.3) is 0 Å². The lowest BCUT2D eigenvalue weighted by atomic mass is 9.72. The maximum atomic E-state index is 9.50. The van der Waals surface area contributed by atoms with Crippen molar-refractivity contribution in [3.05, 3.63) is 87.5 Å². The van der Waals surface area contributed by atoms with Crippen LogP contribution in [0.2, 0.25) is 0 Å². The zero-order chi connectivity index (χ0) is 37.7. The molecule has 2 aliphatic carbocycles. The predicted molar refractivity (Wildman–Crippen MR) is 198 cm³/mol. The number of hydrogen-bond acceptors (Lipinski definition) is 6. The predicted octanol–water partition coefficient (Wildman–Crippen LogP) is 9.15. The lowest BCUT2D eigenvalue weighted by Gasteiger charge is -2.32. The van der Waals surface area contributed by atoms with Gasteiger partial charge in [0.15, 0.2) is 0 Å². The Labute approximate surface area is 295 Å². The van der Waals surface area contributed by atoms with Crippen LogP contribution in [-0.2, 0) is 0 Å². The summed E-state index contributed by atoms with van der Waals surface area (Å²) in [7, 11) is 4.52. The third kappa shape index (κ3) is 9.55. The van der Waals surface area contributed by atoms with E-state index in [1.807, 2.05) is 25.1 Å². The van der Waals surface area contributed by atoms with Crippen LogP contribution in [-0.4, -0.2) is 45.6 Å². The molecule has 46 heavy (non-hydrogen) atoms. The van der Waals surface area contributed by atoms with E-state index in [9.17, 15) is 10.0 Å². The lowest BCUT2D eigenvalue weighted by Crippen LogP contribution is -2.30. The average Bonchev–Trinajstić information content (AvgIpc) is 3.05. The van der Waals surface area contributed by atoms with Gasteiger partial charge in [-0.05, 0) is 94.8 Å². The minimum absolute atomic E-state index is 0. The Morgan fingerprint density at radius 2 is 1.09 bits per heavy atom. The summed E-state index contributed by atoms with van der Waals surface area (Å²) in [5.74, 6) is 1.32. The van der Waals surface area contributed by atoms with Gasteiger partial charge in [0, 0.05) is 35.7 Å². The Hall–Kier alpha value is -2.94. The molecule has 0 radical (unpaired) electrons. The third-order valence-electron chi connectivity index (χ3n) is 8.43. The van der Waals surface area contributed by atoms with Gasteiger partial charge in [-0.1, -0.05) is 78.4 Å². The molecule has 0 aliphatic heterocycles. The smallest absolute Gasteiger partial charge is 0.488 e. The van der Waals surface area contributed by atoms with Gasteiger partial charge in [-0.25, -0.2) is 0 Å². The molecular formula is C38H56BBrO6. The zero-order valence-electron chi connectivity index (χ0n) is 32.5. The number of benzene rings is 2. The van der Waals surface area contributed by atoms with Gasteiger partial charge in [0.2, 0.25) is 0 Å². The Morgan fingerprint density at radius 1 is 0.739 bits per heavy atom. The van der Waals surface area contributed by atoms with Gasteiger partial charge >= 0.3 is 7.12 Å². The Kier molecular flexibility index (Phi) is 12.7. The molecule has 4 atom stereocenters. The largest absolute Gasteiger partial charge is 0.496 e. The van der Waals surface area contributed by atoms with E-state index in [1.165, 1.54) is 31.9 Å². The second-order valence-corrected chi connectivity index (χ2v) is 12.3. The van der Waals surface area contributed by atoms with Crippen LogP contribution < -0.4 is 24.4 Å². The maximum Gasteiger partial charge on any atom is 0.488 e. The summed E-state index contributed by atoms with van der Waals surface area (Å²) in [6, 6.07) is 6.83. The highest BCUT2D eigenvalue weighted by Gasteiger charge is 2.32. The Balaban J connectivity index is 0.000000502. The van der Waals surface area contributed by atoms with Gasteiger partial charge in [0.1, 0.15) is 23.0 Å². The third-order valence-corrected chi connectivity index (χ3v) is 8.89. The Bertz CT molecular complexity index is 1570. The topological polar surface area (TPSA) is 77.4 Å². The van der Waals surface area contributed by atoms with Crippen LogP contribution in [0, 0.1) is 11.8 Å². The highest BCUT2D eigenvalue weighted by atomic mass is 79.9. The number of hydrogen-bond donors (Lipinski definition) is 2. The summed E-state index contributed by atoms with van der Waals surface area (Å²) in [5, 5.41) is 19.0. The van der Waals surface area contributed by atoms with E-state index in [2.05, 4.69) is 42.1 Å². The molecule has 0 bridgehead atoms. The molecule has 2 aliphatic rings. The summed E-state index contributed by atoms with van der Waals surface area (Å²) in [4.78, 5) is 0. The summed E-state index contributed by atoms with van der Waals surface area (Å²) < 4.78 is 69.4. The van der Waals surface area contributed by atoms with E-state index in [0.29, 0.717) is 40.6 Å². The van der Waals surface area contributed by atoms with E-state index >= 15 is 0 Å². The molecule has 2 aromatic carbocycles. The van der Waals surface area contributed by atoms with Crippen molar-refractivity contribution in [2.75, 3.05) is 28.4 Å². The zero-order valence-corrected chi connectivity index (χ0v) is 28.1. The van der Waals surface area contributed by atoms with E-state index in [0.717, 1.165) is 34.9 Å². The molecule has 254 valence electrons. The van der Waals surface area contributed by atoms with E-state index in [4.69, 9.17) is 27.2 Å². The summed E-state index contributed by atoms with van der Waals surface area (Å²) in [6.45, 7) is 7.41. The van der Waals surface area contributed by atoms with Gasteiger partial charge in [-0.3, -0.25) is 0 Å². The van der Waals surface area contributed by atoms with Crippen LogP contribution in [0.5, 0.6) is 23.0 Å². The quantitative estimate of drug-likeness (QED) is 0.200. The van der Waals surface area contributed by atoms with E-state index in [1.54, 1.807) is 14.2 Å². The normalized spacial score (nSPS) is 22.7. The summed E-state index contributed by atoms with van der Waals surface area (Å²) in [6.07, 6.45) is 7.25. The van der Waals surface area contributed by atoms with E-state index < -0.39 is 20.8 Å². The molecule has 4 rings (SSSR count). The fraction of sp³-hybridized carbons (Fsp3) is 0.474. The van der Waals surface area contributed by atoms with Crippen molar-refractivity contribution in [1.29, 1.82) is 0 Å². The van der Waals surface area contributed by atoms with Gasteiger partial charge in [-0.15, -0.1) is 0 Å². The highest BCUT2D eigenvalue weighted by molar-refractivity contribution is 9.10. The molecule has 2 aromatic rings. The molecule has 0 saturated heterocycles. The molecule has 0 saturated carbocycles. The monoisotopic (exact) mass is 704 g/mol. The summed E-state index contributed by atoms with van der Waals surface area (Å²) in [5.41, 5.74) is 4.70. The molecule has 8 heteroatoms. The molecule has 0 unspecified atom stereocenters. The number of allylic oxidation sites excluding steroid dienone is 6. The van der Waals surface area contributed by atoms with Gasteiger partial charge < -0.3 is 29.0 Å². The highest BCUT2D eigenvalue weighted by Crippen LogP contribution is 2.48. The van der Waals surface area contributed by atoms with Crippen molar-refractivity contribution in [1.82, 2.24) is 0 Å². The van der Waals surface area contributed by atoms with Gasteiger partial charge in [0.05, 0.1) is 28.4 Å².